The van der Waals surface area contributed by atoms with Gasteiger partial charge in [0.1, 0.15) is 0 Å². The Bertz CT molecular complexity index is 411. The van der Waals surface area contributed by atoms with Gasteiger partial charge in [0.15, 0.2) is 0 Å². The Labute approximate surface area is 114 Å². The van der Waals surface area contributed by atoms with Crippen molar-refractivity contribution in [1.29, 1.82) is 0 Å². The second kappa shape index (κ2) is 6.24. The van der Waals surface area contributed by atoms with E-state index in [-0.39, 0.29) is 11.8 Å². The largest absolute Gasteiger partial charge is 0.326 e. The Morgan fingerprint density at radius 2 is 2.06 bits per heavy atom. The first-order chi connectivity index (χ1) is 8.69. The van der Waals surface area contributed by atoms with E-state index in [4.69, 9.17) is 11.6 Å². The first-order valence-electron chi connectivity index (χ1n) is 6.75. The highest BCUT2D eigenvalue weighted by Gasteiger charge is 2.25. The summed E-state index contributed by atoms with van der Waals surface area (Å²) in [7, 11) is 0. The van der Waals surface area contributed by atoms with E-state index in [0.29, 0.717) is 5.02 Å². The SMILES string of the molecule is CCC1CCC(C(=O)Nc2cccc(Cl)c2)CC1. The van der Waals surface area contributed by atoms with E-state index >= 15 is 0 Å². The van der Waals surface area contributed by atoms with E-state index in [1.54, 1.807) is 6.07 Å². The van der Waals surface area contributed by atoms with Crippen molar-refractivity contribution in [3.05, 3.63) is 29.3 Å². The number of hydrogen-bond donors (Lipinski definition) is 1. The smallest absolute Gasteiger partial charge is 0.227 e. The van der Waals surface area contributed by atoms with E-state index in [0.717, 1.165) is 24.4 Å². The molecule has 0 radical (unpaired) electrons. The maximum atomic E-state index is 12.1. The first-order valence-corrected chi connectivity index (χ1v) is 7.13. The van der Waals surface area contributed by atoms with Gasteiger partial charge >= 0.3 is 0 Å². The molecule has 0 spiro atoms. The van der Waals surface area contributed by atoms with Crippen LogP contribution in [-0.4, -0.2) is 5.91 Å². The van der Waals surface area contributed by atoms with Crippen LogP contribution in [0.1, 0.15) is 39.0 Å². The molecule has 3 heteroatoms. The summed E-state index contributed by atoms with van der Waals surface area (Å²) in [4.78, 5) is 12.1. The van der Waals surface area contributed by atoms with Crippen LogP contribution >= 0.6 is 11.6 Å². The maximum Gasteiger partial charge on any atom is 0.227 e. The average Bonchev–Trinajstić information content (AvgIpc) is 2.39. The Balaban J connectivity index is 1.89. The highest BCUT2D eigenvalue weighted by Crippen LogP contribution is 2.31. The van der Waals surface area contributed by atoms with Gasteiger partial charge in [0, 0.05) is 16.6 Å². The summed E-state index contributed by atoms with van der Waals surface area (Å²) >= 11 is 5.90. The van der Waals surface area contributed by atoms with Crippen LogP contribution in [0, 0.1) is 11.8 Å². The number of nitrogens with one attached hydrogen (secondary N) is 1. The molecule has 1 aromatic carbocycles. The van der Waals surface area contributed by atoms with Crippen molar-refractivity contribution in [3.8, 4) is 0 Å². The van der Waals surface area contributed by atoms with E-state index in [1.807, 2.05) is 18.2 Å². The minimum absolute atomic E-state index is 0.145. The lowest BCUT2D eigenvalue weighted by Crippen LogP contribution is -2.27. The van der Waals surface area contributed by atoms with Crippen molar-refractivity contribution in [2.24, 2.45) is 11.8 Å². The lowest BCUT2D eigenvalue weighted by atomic mass is 9.80. The fourth-order valence-corrected chi connectivity index (χ4v) is 2.83. The second-order valence-corrected chi connectivity index (χ2v) is 5.56. The first kappa shape index (κ1) is 13.4. The topological polar surface area (TPSA) is 29.1 Å². The molecule has 18 heavy (non-hydrogen) atoms. The molecular weight excluding hydrogens is 246 g/mol. The molecule has 2 rings (SSSR count). The zero-order valence-electron chi connectivity index (χ0n) is 10.8. The average molecular weight is 266 g/mol. The molecule has 1 N–H and O–H groups in total. The van der Waals surface area contributed by atoms with Crippen LogP contribution in [0.3, 0.4) is 0 Å². The van der Waals surface area contributed by atoms with Crippen molar-refractivity contribution in [2.75, 3.05) is 5.32 Å². The summed E-state index contributed by atoms with van der Waals surface area (Å²) in [5.74, 6) is 1.14. The number of carbonyl (C=O) groups is 1. The van der Waals surface area contributed by atoms with Crippen molar-refractivity contribution >= 4 is 23.2 Å². The van der Waals surface area contributed by atoms with Gasteiger partial charge in [-0.3, -0.25) is 4.79 Å². The summed E-state index contributed by atoms with van der Waals surface area (Å²) < 4.78 is 0. The van der Waals surface area contributed by atoms with Gasteiger partial charge in [0.05, 0.1) is 0 Å². The predicted molar refractivity (Wildman–Crippen MR) is 75.8 cm³/mol. The Kier molecular flexibility index (Phi) is 4.65. The van der Waals surface area contributed by atoms with Crippen LogP contribution in [0.4, 0.5) is 5.69 Å². The third-order valence-corrected chi connectivity index (χ3v) is 4.12. The minimum atomic E-state index is 0.145. The number of carbonyl (C=O) groups excluding carboxylic acids is 1. The molecule has 1 aromatic rings. The van der Waals surface area contributed by atoms with Crippen molar-refractivity contribution in [1.82, 2.24) is 0 Å². The predicted octanol–water partition coefficient (Wildman–Crippen LogP) is 4.49. The van der Waals surface area contributed by atoms with E-state index in [2.05, 4.69) is 12.2 Å². The van der Waals surface area contributed by atoms with Gasteiger partial charge in [0.2, 0.25) is 5.91 Å². The number of rotatable bonds is 3. The number of halogens is 1. The standard InChI is InChI=1S/C15H20ClNO/c1-2-11-6-8-12(9-7-11)15(18)17-14-5-3-4-13(16)10-14/h3-5,10-12H,2,6-9H2,1H3,(H,17,18). The van der Waals surface area contributed by atoms with Gasteiger partial charge in [-0.05, 0) is 49.8 Å². The van der Waals surface area contributed by atoms with Crippen molar-refractivity contribution in [2.45, 2.75) is 39.0 Å². The van der Waals surface area contributed by atoms with E-state index in [9.17, 15) is 4.79 Å². The Hall–Kier alpha value is -1.02. The monoisotopic (exact) mass is 265 g/mol. The molecule has 0 aromatic heterocycles. The molecule has 0 atom stereocenters. The van der Waals surface area contributed by atoms with Crippen LogP contribution in [0.2, 0.25) is 5.02 Å². The maximum absolute atomic E-state index is 12.1. The van der Waals surface area contributed by atoms with Gasteiger partial charge in [-0.25, -0.2) is 0 Å². The lowest BCUT2D eigenvalue weighted by Gasteiger charge is -2.26. The molecule has 1 aliphatic rings. The van der Waals surface area contributed by atoms with Crippen molar-refractivity contribution in [3.63, 3.8) is 0 Å². The van der Waals surface area contributed by atoms with Crippen LogP contribution < -0.4 is 5.32 Å². The number of amides is 1. The molecular formula is C15H20ClNO. The summed E-state index contributed by atoms with van der Waals surface area (Å²) in [5, 5.41) is 3.62. The van der Waals surface area contributed by atoms with Gasteiger partial charge in [0.25, 0.3) is 0 Å². The third kappa shape index (κ3) is 3.49. The van der Waals surface area contributed by atoms with Crippen LogP contribution in [0.15, 0.2) is 24.3 Å². The quantitative estimate of drug-likeness (QED) is 0.857. The molecule has 1 saturated carbocycles. The van der Waals surface area contributed by atoms with E-state index in [1.165, 1.54) is 19.3 Å². The number of anilines is 1. The van der Waals surface area contributed by atoms with Crippen LogP contribution in [-0.2, 0) is 4.79 Å². The number of benzene rings is 1. The molecule has 0 heterocycles. The Morgan fingerprint density at radius 3 is 2.67 bits per heavy atom. The molecule has 1 amide bonds. The molecule has 0 unspecified atom stereocenters. The summed E-state index contributed by atoms with van der Waals surface area (Å²) in [6, 6.07) is 7.33. The van der Waals surface area contributed by atoms with Crippen LogP contribution in [0.5, 0.6) is 0 Å². The minimum Gasteiger partial charge on any atom is -0.326 e. The van der Waals surface area contributed by atoms with Crippen molar-refractivity contribution < 1.29 is 4.79 Å². The highest BCUT2D eigenvalue weighted by atomic mass is 35.5. The molecule has 1 fully saturated rings. The summed E-state index contributed by atoms with van der Waals surface area (Å²) in [6.07, 6.45) is 5.65. The Morgan fingerprint density at radius 1 is 1.33 bits per heavy atom. The molecule has 98 valence electrons. The van der Waals surface area contributed by atoms with Gasteiger partial charge in [-0.1, -0.05) is 31.0 Å². The molecule has 0 saturated heterocycles. The molecule has 2 nitrogen and oxygen atoms in total. The fraction of sp³-hybridized carbons (Fsp3) is 0.533. The second-order valence-electron chi connectivity index (χ2n) is 5.13. The zero-order chi connectivity index (χ0) is 13.0. The van der Waals surface area contributed by atoms with Gasteiger partial charge < -0.3 is 5.32 Å². The lowest BCUT2D eigenvalue weighted by molar-refractivity contribution is -0.121. The summed E-state index contributed by atoms with van der Waals surface area (Å²) in [6.45, 7) is 2.23. The summed E-state index contributed by atoms with van der Waals surface area (Å²) in [5.41, 5.74) is 0.796. The number of hydrogen-bond acceptors (Lipinski definition) is 1. The third-order valence-electron chi connectivity index (χ3n) is 3.89. The molecule has 1 aliphatic carbocycles. The molecule has 0 bridgehead atoms. The normalized spacial score (nSPS) is 23.7. The molecule has 0 aliphatic heterocycles. The zero-order valence-corrected chi connectivity index (χ0v) is 11.5. The van der Waals surface area contributed by atoms with Gasteiger partial charge in [-0.15, -0.1) is 0 Å². The van der Waals surface area contributed by atoms with Gasteiger partial charge in [-0.2, -0.15) is 0 Å². The highest BCUT2D eigenvalue weighted by molar-refractivity contribution is 6.30. The van der Waals surface area contributed by atoms with Crippen LogP contribution in [0.25, 0.3) is 0 Å². The fourth-order valence-electron chi connectivity index (χ4n) is 2.64. The van der Waals surface area contributed by atoms with E-state index < -0.39 is 0 Å².